The van der Waals surface area contributed by atoms with Crippen molar-refractivity contribution in [3.05, 3.63) is 72.1 Å². The normalized spacial score (nSPS) is 20.2. The number of nitrogens with zero attached hydrogens (tertiary/aromatic N) is 4. The summed E-state index contributed by atoms with van der Waals surface area (Å²) in [4.78, 5) is 72.1. The van der Waals surface area contributed by atoms with Crippen molar-refractivity contribution in [3.8, 4) is 11.4 Å². The number of hydrogen-bond acceptors (Lipinski definition) is 8. The molecule has 0 saturated carbocycles. The topological polar surface area (TPSA) is 177 Å². The highest BCUT2D eigenvalue weighted by Crippen LogP contribution is 2.19. The van der Waals surface area contributed by atoms with Gasteiger partial charge in [-0.3, -0.25) is 24.0 Å². The minimum atomic E-state index is -0.989. The number of carbonyl (C=O) groups is 5. The predicted octanol–water partition coefficient (Wildman–Crippen LogP) is 1.72. The van der Waals surface area contributed by atoms with Crippen LogP contribution in [-0.2, 0) is 41.9 Å². The third kappa shape index (κ3) is 11.2. The fourth-order valence-electron chi connectivity index (χ4n) is 5.31. The summed E-state index contributed by atoms with van der Waals surface area (Å²) in [5, 5.41) is 15.8. The summed E-state index contributed by atoms with van der Waals surface area (Å²) in [6.07, 6.45) is 0.683. The highest BCUT2D eigenvalue weighted by atomic mass is 16.5. The van der Waals surface area contributed by atoms with Crippen LogP contribution in [0.5, 0.6) is 0 Å². The monoisotopic (exact) mass is 674 g/mol. The largest absolute Gasteiger partial charge is 0.367 e. The van der Waals surface area contributed by atoms with Crippen molar-refractivity contribution < 1.29 is 28.7 Å². The van der Waals surface area contributed by atoms with Gasteiger partial charge in [-0.25, -0.2) is 9.67 Å². The molecular formula is C35H46N8O6. The van der Waals surface area contributed by atoms with Crippen LogP contribution in [-0.4, -0.2) is 87.5 Å². The smallest absolute Gasteiger partial charge is 0.249 e. The first-order valence-corrected chi connectivity index (χ1v) is 16.6. The summed E-state index contributed by atoms with van der Waals surface area (Å²) in [6.45, 7) is 6.95. The summed E-state index contributed by atoms with van der Waals surface area (Å²) in [5.74, 6) is -1.49. The minimum absolute atomic E-state index is 0.0542. The van der Waals surface area contributed by atoms with Gasteiger partial charge in [-0.15, -0.1) is 0 Å². The maximum absolute atomic E-state index is 13.6. The van der Waals surface area contributed by atoms with Gasteiger partial charge < -0.3 is 30.9 Å². The van der Waals surface area contributed by atoms with Crippen molar-refractivity contribution >= 4 is 29.5 Å². The molecule has 0 spiro atoms. The lowest BCUT2D eigenvalue weighted by atomic mass is 10.0. The molecule has 4 rings (SSSR count). The zero-order valence-electron chi connectivity index (χ0n) is 28.5. The fourth-order valence-corrected chi connectivity index (χ4v) is 5.31. The fraction of sp³-hybridized carbons (Fsp3) is 0.457. The standard InChI is InChI=1S/C35H46N8O6/c1-23(2)18-28-35(48)38-24(3)33-40-32(27-14-9-6-10-15-27)41-43(33)20-29(44)36-16-11-17-42(19-30(45)37-25(4)34(47)39-28)31(46)22-49-21-26-12-7-5-8-13-26/h5-10,12-15,23-25,28H,11,16-22H2,1-4H3,(H,36,44)(H,37,45)(H,38,48)(H,39,47)/t24-,25+,28+/m0/s1. The van der Waals surface area contributed by atoms with E-state index in [-0.39, 0.29) is 51.2 Å². The second-order valence-corrected chi connectivity index (χ2v) is 12.5. The molecule has 49 heavy (non-hydrogen) atoms. The lowest BCUT2D eigenvalue weighted by Gasteiger charge is -2.25. The molecule has 14 heteroatoms. The molecule has 0 fully saturated rings. The molecule has 262 valence electrons. The molecule has 4 N–H and O–H groups in total. The third-order valence-electron chi connectivity index (χ3n) is 7.83. The van der Waals surface area contributed by atoms with Crippen LogP contribution in [0.4, 0.5) is 0 Å². The highest BCUT2D eigenvalue weighted by molar-refractivity contribution is 5.93. The van der Waals surface area contributed by atoms with Crippen molar-refractivity contribution in [1.82, 2.24) is 40.9 Å². The zero-order valence-corrected chi connectivity index (χ0v) is 28.5. The van der Waals surface area contributed by atoms with Gasteiger partial charge in [-0.05, 0) is 38.2 Å². The van der Waals surface area contributed by atoms with E-state index in [9.17, 15) is 24.0 Å². The van der Waals surface area contributed by atoms with E-state index in [1.807, 2.05) is 74.5 Å². The molecule has 0 saturated heterocycles. The molecule has 2 aromatic carbocycles. The molecule has 0 aliphatic carbocycles. The average molecular weight is 675 g/mol. The Morgan fingerprint density at radius 2 is 1.57 bits per heavy atom. The van der Waals surface area contributed by atoms with E-state index >= 15 is 0 Å². The number of aromatic nitrogens is 3. The van der Waals surface area contributed by atoms with Gasteiger partial charge in [0.25, 0.3) is 0 Å². The van der Waals surface area contributed by atoms with Gasteiger partial charge in [0.05, 0.1) is 19.2 Å². The highest BCUT2D eigenvalue weighted by Gasteiger charge is 2.29. The number of fused-ring (bicyclic) bond motifs is 1. The Hall–Kier alpha value is -5.11. The van der Waals surface area contributed by atoms with E-state index in [0.29, 0.717) is 24.5 Å². The van der Waals surface area contributed by atoms with Crippen LogP contribution in [0.15, 0.2) is 60.7 Å². The molecule has 5 amide bonds. The van der Waals surface area contributed by atoms with Crippen LogP contribution in [0.3, 0.4) is 0 Å². The SMILES string of the molecule is CC(C)C[C@H]1NC(=O)[C@@H](C)NC(=O)CN(C(=O)COCc2ccccc2)CCCNC(=O)Cn2nc(-c3ccccc3)nc2[C@H](C)NC1=O. The van der Waals surface area contributed by atoms with Gasteiger partial charge >= 0.3 is 0 Å². The number of ether oxygens (including phenoxy) is 1. The lowest BCUT2D eigenvalue weighted by Crippen LogP contribution is -2.54. The Labute approximate surface area is 286 Å². The van der Waals surface area contributed by atoms with E-state index in [4.69, 9.17) is 4.74 Å². The van der Waals surface area contributed by atoms with Crippen LogP contribution in [0.1, 0.15) is 58.0 Å². The minimum Gasteiger partial charge on any atom is -0.367 e. The first-order valence-electron chi connectivity index (χ1n) is 16.6. The third-order valence-corrected chi connectivity index (χ3v) is 7.83. The summed E-state index contributed by atoms with van der Waals surface area (Å²) in [6, 6.07) is 16.1. The maximum atomic E-state index is 13.6. The zero-order chi connectivity index (χ0) is 35.3. The number of rotatable bonds is 7. The van der Waals surface area contributed by atoms with Gasteiger partial charge in [0.2, 0.25) is 29.5 Å². The lowest BCUT2D eigenvalue weighted by molar-refractivity contribution is -0.141. The van der Waals surface area contributed by atoms with Gasteiger partial charge in [0, 0.05) is 18.7 Å². The van der Waals surface area contributed by atoms with Gasteiger partial charge in [0.1, 0.15) is 31.1 Å². The molecule has 1 aliphatic rings. The number of hydrogen-bond donors (Lipinski definition) is 4. The van der Waals surface area contributed by atoms with E-state index in [1.54, 1.807) is 6.92 Å². The average Bonchev–Trinajstić information content (AvgIpc) is 3.49. The number of amides is 5. The van der Waals surface area contributed by atoms with Crippen molar-refractivity contribution in [2.45, 2.75) is 71.8 Å². The van der Waals surface area contributed by atoms with Crippen LogP contribution < -0.4 is 21.3 Å². The number of carbonyl (C=O) groups excluding carboxylic acids is 5. The molecule has 1 aromatic heterocycles. The van der Waals surface area contributed by atoms with Crippen LogP contribution >= 0.6 is 0 Å². The van der Waals surface area contributed by atoms with Crippen LogP contribution in [0.2, 0.25) is 0 Å². The Morgan fingerprint density at radius 1 is 0.878 bits per heavy atom. The van der Waals surface area contributed by atoms with Gasteiger partial charge in [0.15, 0.2) is 5.82 Å². The summed E-state index contributed by atoms with van der Waals surface area (Å²) < 4.78 is 7.08. The molecule has 1 aliphatic heterocycles. The molecule has 0 bridgehead atoms. The van der Waals surface area contributed by atoms with Crippen molar-refractivity contribution in [1.29, 1.82) is 0 Å². The molecule has 2 heterocycles. The quantitative estimate of drug-likeness (QED) is 0.293. The Kier molecular flexibility index (Phi) is 13.4. The van der Waals surface area contributed by atoms with Crippen molar-refractivity contribution in [3.63, 3.8) is 0 Å². The van der Waals surface area contributed by atoms with E-state index in [2.05, 4.69) is 31.3 Å². The first-order chi connectivity index (χ1) is 23.5. The Morgan fingerprint density at radius 3 is 2.27 bits per heavy atom. The molecule has 3 aromatic rings. The summed E-state index contributed by atoms with van der Waals surface area (Å²) >= 11 is 0. The summed E-state index contributed by atoms with van der Waals surface area (Å²) in [5.41, 5.74) is 1.64. The van der Waals surface area contributed by atoms with E-state index < -0.39 is 41.8 Å². The van der Waals surface area contributed by atoms with E-state index in [1.165, 1.54) is 16.5 Å². The van der Waals surface area contributed by atoms with E-state index in [0.717, 1.165) is 11.1 Å². The van der Waals surface area contributed by atoms with Crippen LogP contribution in [0.25, 0.3) is 11.4 Å². The molecule has 0 unspecified atom stereocenters. The number of nitrogens with one attached hydrogen (secondary N) is 4. The molecular weight excluding hydrogens is 628 g/mol. The molecule has 0 radical (unpaired) electrons. The van der Waals surface area contributed by atoms with Crippen molar-refractivity contribution in [2.75, 3.05) is 26.2 Å². The number of benzene rings is 2. The first kappa shape index (κ1) is 36.7. The van der Waals surface area contributed by atoms with Gasteiger partial charge in [-0.1, -0.05) is 74.5 Å². The molecule has 14 nitrogen and oxygen atoms in total. The summed E-state index contributed by atoms with van der Waals surface area (Å²) in [7, 11) is 0. The molecule has 3 atom stereocenters. The second-order valence-electron chi connectivity index (χ2n) is 12.5. The predicted molar refractivity (Wildman–Crippen MR) is 181 cm³/mol. The van der Waals surface area contributed by atoms with Crippen LogP contribution in [0, 0.1) is 5.92 Å². The maximum Gasteiger partial charge on any atom is 0.249 e. The van der Waals surface area contributed by atoms with Crippen molar-refractivity contribution in [2.24, 2.45) is 5.92 Å². The Balaban J connectivity index is 1.55. The Bertz CT molecular complexity index is 1580. The second kappa shape index (κ2) is 17.9. The van der Waals surface area contributed by atoms with Gasteiger partial charge in [-0.2, -0.15) is 5.10 Å².